The van der Waals surface area contributed by atoms with Crippen LogP contribution in [0.1, 0.15) is 43.2 Å². The van der Waals surface area contributed by atoms with Crippen molar-refractivity contribution in [2.45, 2.75) is 44.4 Å². The minimum absolute atomic E-state index is 0.0720. The summed E-state index contributed by atoms with van der Waals surface area (Å²) in [6.07, 6.45) is 5.06. The molecule has 0 saturated heterocycles. The van der Waals surface area contributed by atoms with E-state index < -0.39 is 5.41 Å². The molecule has 3 nitrogen and oxygen atoms in total. The third kappa shape index (κ3) is 3.67. The Morgan fingerprint density at radius 2 is 1.76 bits per heavy atom. The number of hydrogen-bond donors (Lipinski definition) is 1. The topological polar surface area (TPSA) is 38.3 Å². The van der Waals surface area contributed by atoms with E-state index >= 15 is 0 Å². The molecule has 4 heteroatoms. The van der Waals surface area contributed by atoms with Crippen LogP contribution in [0.25, 0.3) is 0 Å². The van der Waals surface area contributed by atoms with Gasteiger partial charge < -0.3 is 10.1 Å². The van der Waals surface area contributed by atoms with E-state index in [-0.39, 0.29) is 5.91 Å². The Labute approximate surface area is 154 Å². The fraction of sp³-hybridized carbons (Fsp3) is 0.381. The number of rotatable bonds is 4. The molecular formula is C21H24ClNO2. The first-order valence-electron chi connectivity index (χ1n) is 8.77. The van der Waals surface area contributed by atoms with Crippen LogP contribution < -0.4 is 10.1 Å². The fourth-order valence-electron chi connectivity index (χ4n) is 3.72. The van der Waals surface area contributed by atoms with Crippen molar-refractivity contribution in [2.75, 3.05) is 12.4 Å². The standard InChI is InChI=1S/C21H24ClNO2/c1-15-14-18(25-2)10-11-19(15)23-20(24)21(12-4-3-5-13-21)16-6-8-17(22)9-7-16/h6-11,14H,3-5,12-13H2,1-2H3,(H,23,24). The van der Waals surface area contributed by atoms with Gasteiger partial charge in [0.2, 0.25) is 5.91 Å². The molecule has 0 heterocycles. The lowest BCUT2D eigenvalue weighted by molar-refractivity contribution is -0.122. The predicted octanol–water partition coefficient (Wildman–Crippen LogP) is 5.50. The number of anilines is 1. The number of benzene rings is 2. The lowest BCUT2D eigenvalue weighted by Crippen LogP contribution is -2.42. The average Bonchev–Trinajstić information content (AvgIpc) is 2.64. The second-order valence-electron chi connectivity index (χ2n) is 6.78. The first-order valence-corrected chi connectivity index (χ1v) is 9.15. The zero-order chi connectivity index (χ0) is 17.9. The summed E-state index contributed by atoms with van der Waals surface area (Å²) < 4.78 is 5.25. The van der Waals surface area contributed by atoms with Crippen LogP contribution in [0.5, 0.6) is 5.75 Å². The van der Waals surface area contributed by atoms with Crippen LogP contribution in [0, 0.1) is 6.92 Å². The largest absolute Gasteiger partial charge is 0.497 e. The third-order valence-corrected chi connectivity index (χ3v) is 5.47. The van der Waals surface area contributed by atoms with Gasteiger partial charge in [-0.3, -0.25) is 4.79 Å². The molecular weight excluding hydrogens is 334 g/mol. The third-order valence-electron chi connectivity index (χ3n) is 5.22. The van der Waals surface area contributed by atoms with E-state index in [1.165, 1.54) is 6.42 Å². The summed E-state index contributed by atoms with van der Waals surface area (Å²) in [4.78, 5) is 13.3. The van der Waals surface area contributed by atoms with Crippen LogP contribution >= 0.6 is 11.6 Å². The predicted molar refractivity (Wildman–Crippen MR) is 103 cm³/mol. The molecule has 132 valence electrons. The van der Waals surface area contributed by atoms with Gasteiger partial charge in [0, 0.05) is 10.7 Å². The summed E-state index contributed by atoms with van der Waals surface area (Å²) in [6.45, 7) is 1.98. The normalized spacial score (nSPS) is 16.3. The summed E-state index contributed by atoms with van der Waals surface area (Å²) in [5.41, 5.74) is 2.41. The van der Waals surface area contributed by atoms with Crippen molar-refractivity contribution < 1.29 is 9.53 Å². The number of nitrogens with one attached hydrogen (secondary N) is 1. The highest BCUT2D eigenvalue weighted by atomic mass is 35.5. The van der Waals surface area contributed by atoms with Gasteiger partial charge in [0.15, 0.2) is 0 Å². The molecule has 2 aromatic carbocycles. The number of amides is 1. The number of carbonyl (C=O) groups excluding carboxylic acids is 1. The summed E-state index contributed by atoms with van der Waals surface area (Å²) in [5, 5.41) is 3.85. The lowest BCUT2D eigenvalue weighted by Gasteiger charge is -2.36. The first-order chi connectivity index (χ1) is 12.0. The van der Waals surface area contributed by atoms with Crippen LogP contribution in [0.15, 0.2) is 42.5 Å². The summed E-state index contributed by atoms with van der Waals surface area (Å²) in [5.74, 6) is 0.864. The van der Waals surface area contributed by atoms with Gasteiger partial charge >= 0.3 is 0 Å². The van der Waals surface area contributed by atoms with E-state index in [2.05, 4.69) is 5.32 Å². The molecule has 0 aliphatic heterocycles. The fourth-order valence-corrected chi connectivity index (χ4v) is 3.84. The Hall–Kier alpha value is -2.00. The summed E-state index contributed by atoms with van der Waals surface area (Å²) >= 11 is 6.04. The molecule has 2 aromatic rings. The molecule has 3 rings (SSSR count). The van der Waals surface area contributed by atoms with E-state index in [0.29, 0.717) is 5.02 Å². The van der Waals surface area contributed by atoms with Crippen molar-refractivity contribution in [3.8, 4) is 5.75 Å². The Morgan fingerprint density at radius 1 is 1.08 bits per heavy atom. The minimum Gasteiger partial charge on any atom is -0.497 e. The quantitative estimate of drug-likeness (QED) is 0.784. The van der Waals surface area contributed by atoms with Gasteiger partial charge in [-0.15, -0.1) is 0 Å². The maximum atomic E-state index is 13.3. The molecule has 0 unspecified atom stereocenters. The van der Waals surface area contributed by atoms with Gasteiger partial charge in [-0.2, -0.15) is 0 Å². The van der Waals surface area contributed by atoms with Gasteiger partial charge in [0.25, 0.3) is 0 Å². The molecule has 0 bridgehead atoms. The summed E-state index contributed by atoms with van der Waals surface area (Å²) in [6, 6.07) is 13.5. The van der Waals surface area contributed by atoms with E-state index in [9.17, 15) is 4.79 Å². The number of halogens is 1. The molecule has 0 aromatic heterocycles. The van der Waals surface area contributed by atoms with E-state index in [4.69, 9.17) is 16.3 Å². The number of hydrogen-bond acceptors (Lipinski definition) is 2. The maximum Gasteiger partial charge on any atom is 0.235 e. The van der Waals surface area contributed by atoms with E-state index in [1.807, 2.05) is 49.4 Å². The van der Waals surface area contributed by atoms with Crippen molar-refractivity contribution in [3.05, 3.63) is 58.6 Å². The molecule has 1 N–H and O–H groups in total. The SMILES string of the molecule is COc1ccc(NC(=O)C2(c3ccc(Cl)cc3)CCCCC2)c(C)c1. The molecule has 0 spiro atoms. The van der Waals surface area contributed by atoms with Gasteiger partial charge in [0.05, 0.1) is 12.5 Å². The highest BCUT2D eigenvalue weighted by Crippen LogP contribution is 2.41. The number of ether oxygens (including phenoxy) is 1. The van der Waals surface area contributed by atoms with Crippen LogP contribution in [0.4, 0.5) is 5.69 Å². The highest BCUT2D eigenvalue weighted by Gasteiger charge is 2.41. The number of carbonyl (C=O) groups is 1. The molecule has 25 heavy (non-hydrogen) atoms. The van der Waals surface area contributed by atoms with Crippen LogP contribution in [-0.2, 0) is 10.2 Å². The second-order valence-corrected chi connectivity index (χ2v) is 7.22. The van der Waals surface area contributed by atoms with Crippen LogP contribution in [0.3, 0.4) is 0 Å². The smallest absolute Gasteiger partial charge is 0.235 e. The Balaban J connectivity index is 1.91. The Kier molecular flexibility index (Phi) is 5.33. The molecule has 1 saturated carbocycles. The Bertz CT molecular complexity index is 749. The zero-order valence-electron chi connectivity index (χ0n) is 14.8. The number of aryl methyl sites for hydroxylation is 1. The van der Waals surface area contributed by atoms with Crippen molar-refractivity contribution in [1.82, 2.24) is 0 Å². The van der Waals surface area contributed by atoms with Crippen molar-refractivity contribution in [2.24, 2.45) is 0 Å². The molecule has 0 radical (unpaired) electrons. The Morgan fingerprint density at radius 3 is 2.36 bits per heavy atom. The summed E-state index contributed by atoms with van der Waals surface area (Å²) in [7, 11) is 1.64. The van der Waals surface area contributed by atoms with Gasteiger partial charge in [-0.25, -0.2) is 0 Å². The minimum atomic E-state index is -0.477. The van der Waals surface area contributed by atoms with Crippen molar-refractivity contribution >= 4 is 23.2 Å². The zero-order valence-corrected chi connectivity index (χ0v) is 15.5. The number of methoxy groups -OCH3 is 1. The van der Waals surface area contributed by atoms with Crippen molar-refractivity contribution in [3.63, 3.8) is 0 Å². The van der Waals surface area contributed by atoms with Gasteiger partial charge in [0.1, 0.15) is 5.75 Å². The highest BCUT2D eigenvalue weighted by molar-refractivity contribution is 6.30. The molecule has 0 atom stereocenters. The van der Waals surface area contributed by atoms with E-state index in [0.717, 1.165) is 48.2 Å². The average molecular weight is 358 g/mol. The molecule has 1 aliphatic rings. The van der Waals surface area contributed by atoms with Gasteiger partial charge in [-0.1, -0.05) is 43.0 Å². The van der Waals surface area contributed by atoms with Crippen molar-refractivity contribution in [1.29, 1.82) is 0 Å². The van der Waals surface area contributed by atoms with Crippen LogP contribution in [-0.4, -0.2) is 13.0 Å². The first kappa shape index (κ1) is 17.8. The lowest BCUT2D eigenvalue weighted by atomic mass is 9.68. The molecule has 1 fully saturated rings. The van der Waals surface area contributed by atoms with E-state index in [1.54, 1.807) is 7.11 Å². The molecule has 1 amide bonds. The monoisotopic (exact) mass is 357 g/mol. The molecule has 1 aliphatic carbocycles. The van der Waals surface area contributed by atoms with Gasteiger partial charge in [-0.05, 0) is 61.2 Å². The van der Waals surface area contributed by atoms with Crippen LogP contribution in [0.2, 0.25) is 5.02 Å². The second kappa shape index (κ2) is 7.49. The maximum absolute atomic E-state index is 13.3.